The van der Waals surface area contributed by atoms with E-state index in [0.29, 0.717) is 0 Å². The van der Waals surface area contributed by atoms with Gasteiger partial charge in [-0.2, -0.15) is 11.8 Å². The normalized spacial score (nSPS) is 10.9. The number of hydrogen-bond donors (Lipinski definition) is 0. The van der Waals surface area contributed by atoms with Gasteiger partial charge >= 0.3 is 0 Å². The van der Waals surface area contributed by atoms with E-state index in [1.54, 1.807) is 0 Å². The molecule has 0 amide bonds. The van der Waals surface area contributed by atoms with Crippen LogP contribution >= 0.6 is 11.8 Å². The van der Waals surface area contributed by atoms with Gasteiger partial charge in [0.25, 0.3) is 0 Å². The molecule has 0 spiro atoms. The van der Waals surface area contributed by atoms with Gasteiger partial charge in [0.05, 0.1) is 0 Å². The fourth-order valence-electron chi connectivity index (χ4n) is 2.26. The zero-order valence-corrected chi connectivity index (χ0v) is 13.1. The van der Waals surface area contributed by atoms with Crippen LogP contribution in [0, 0.1) is 0 Å². The van der Waals surface area contributed by atoms with Crippen molar-refractivity contribution in [1.82, 2.24) is 0 Å². The predicted molar refractivity (Wildman–Crippen MR) is 84.1 cm³/mol. The molecule has 0 aliphatic heterocycles. The summed E-state index contributed by atoms with van der Waals surface area (Å²) in [4.78, 5) is 0. The Morgan fingerprint density at radius 1 is 0.529 bits per heavy atom. The second-order valence-corrected chi connectivity index (χ2v) is 6.22. The Balaban J connectivity index is 2.85. The molecule has 0 saturated carbocycles. The molecule has 0 saturated heterocycles. The first-order valence-electron chi connectivity index (χ1n) is 7.90. The van der Waals surface area contributed by atoms with Crippen molar-refractivity contribution in [3.05, 3.63) is 0 Å². The molecule has 0 bridgehead atoms. The van der Waals surface area contributed by atoms with Gasteiger partial charge in [0, 0.05) is 0 Å². The van der Waals surface area contributed by atoms with Crippen LogP contribution in [0.15, 0.2) is 0 Å². The highest BCUT2D eigenvalue weighted by Gasteiger charge is 1.93. The largest absolute Gasteiger partial charge is 0.165 e. The minimum absolute atomic E-state index is 1.36. The first-order chi connectivity index (χ1) is 8.41. The summed E-state index contributed by atoms with van der Waals surface area (Å²) in [6, 6.07) is 0. The van der Waals surface area contributed by atoms with Gasteiger partial charge in [-0.3, -0.25) is 0 Å². The lowest BCUT2D eigenvalue weighted by Gasteiger charge is -2.02. The minimum Gasteiger partial charge on any atom is -0.165 e. The van der Waals surface area contributed by atoms with Gasteiger partial charge in [-0.1, -0.05) is 84.0 Å². The number of unbranched alkanes of at least 4 members (excludes halogenated alkanes) is 12. The van der Waals surface area contributed by atoms with Crippen LogP contribution in [0.1, 0.15) is 90.4 Å². The van der Waals surface area contributed by atoms with Gasteiger partial charge in [-0.15, -0.1) is 0 Å². The molecule has 0 atom stereocenters. The van der Waals surface area contributed by atoms with E-state index in [-0.39, 0.29) is 0 Å². The number of thioether (sulfide) groups is 1. The highest BCUT2D eigenvalue weighted by Crippen LogP contribution is 2.12. The molecule has 0 aromatic heterocycles. The maximum absolute atomic E-state index is 2.29. The number of hydrogen-bond acceptors (Lipinski definition) is 1. The van der Waals surface area contributed by atoms with Crippen LogP contribution < -0.4 is 0 Å². The summed E-state index contributed by atoms with van der Waals surface area (Å²) in [6.07, 6.45) is 21.2. The lowest BCUT2D eigenvalue weighted by atomic mass is 10.1. The Morgan fingerprint density at radius 3 is 1.24 bits per heavy atom. The van der Waals surface area contributed by atoms with E-state index in [2.05, 4.69) is 13.2 Å². The Kier molecular flexibility index (Phi) is 16.7. The summed E-state index contributed by atoms with van der Waals surface area (Å²) in [5.74, 6) is 1.36. The smallest absolute Gasteiger partial charge is 0.00703 e. The summed E-state index contributed by atoms with van der Waals surface area (Å²) in [5, 5.41) is 0. The lowest BCUT2D eigenvalue weighted by molar-refractivity contribution is 0.543. The quantitative estimate of drug-likeness (QED) is 0.323. The third-order valence-electron chi connectivity index (χ3n) is 3.45. The van der Waals surface area contributed by atoms with E-state index in [9.17, 15) is 0 Å². The number of rotatable bonds is 14. The van der Waals surface area contributed by atoms with Crippen molar-refractivity contribution in [2.45, 2.75) is 90.4 Å². The Hall–Kier alpha value is 0.350. The molecule has 0 aromatic carbocycles. The molecular weight excluding hydrogens is 224 g/mol. The van der Waals surface area contributed by atoms with Crippen LogP contribution in [-0.4, -0.2) is 12.0 Å². The summed E-state index contributed by atoms with van der Waals surface area (Å²) in [7, 11) is 0. The molecule has 0 nitrogen and oxygen atoms in total. The van der Waals surface area contributed by atoms with Gasteiger partial charge < -0.3 is 0 Å². The average molecular weight is 259 g/mol. The first-order valence-corrected chi connectivity index (χ1v) is 9.30. The van der Waals surface area contributed by atoms with Crippen molar-refractivity contribution in [1.29, 1.82) is 0 Å². The first kappa shape index (κ1) is 17.4. The molecular formula is C16H34S. The van der Waals surface area contributed by atoms with Crippen molar-refractivity contribution in [3.8, 4) is 0 Å². The molecule has 0 fully saturated rings. The molecule has 0 aromatic rings. The standard InChI is InChI=1S/C16H34S/c1-3-4-5-6-7-8-9-10-11-12-13-14-15-16-17-2/h3-16H2,1-2H3. The summed E-state index contributed by atoms with van der Waals surface area (Å²) in [5.41, 5.74) is 0. The van der Waals surface area contributed by atoms with Crippen molar-refractivity contribution in [3.63, 3.8) is 0 Å². The van der Waals surface area contributed by atoms with Gasteiger partial charge in [0.1, 0.15) is 0 Å². The van der Waals surface area contributed by atoms with Crippen molar-refractivity contribution in [2.24, 2.45) is 0 Å². The zero-order valence-electron chi connectivity index (χ0n) is 12.3. The molecule has 104 valence electrons. The highest BCUT2D eigenvalue weighted by atomic mass is 32.2. The van der Waals surface area contributed by atoms with Crippen LogP contribution in [0.3, 0.4) is 0 Å². The summed E-state index contributed by atoms with van der Waals surface area (Å²) >= 11 is 1.98. The molecule has 0 heterocycles. The molecule has 0 aliphatic rings. The predicted octanol–water partition coefficient (Wildman–Crippen LogP) is 6.44. The highest BCUT2D eigenvalue weighted by molar-refractivity contribution is 7.98. The van der Waals surface area contributed by atoms with Crippen LogP contribution in [-0.2, 0) is 0 Å². The SMILES string of the molecule is CCCCCCCCCCCCCCCSC. The average Bonchev–Trinajstić information content (AvgIpc) is 2.35. The van der Waals surface area contributed by atoms with E-state index >= 15 is 0 Å². The van der Waals surface area contributed by atoms with Crippen LogP contribution in [0.4, 0.5) is 0 Å². The van der Waals surface area contributed by atoms with E-state index in [0.717, 1.165) is 0 Å². The monoisotopic (exact) mass is 258 g/mol. The van der Waals surface area contributed by atoms with Crippen LogP contribution in [0.2, 0.25) is 0 Å². The fraction of sp³-hybridized carbons (Fsp3) is 1.00. The van der Waals surface area contributed by atoms with Crippen LogP contribution in [0.5, 0.6) is 0 Å². The third kappa shape index (κ3) is 16.4. The van der Waals surface area contributed by atoms with E-state index < -0.39 is 0 Å². The van der Waals surface area contributed by atoms with E-state index in [1.165, 1.54) is 89.2 Å². The Morgan fingerprint density at radius 2 is 0.882 bits per heavy atom. The Labute approximate surface area is 114 Å². The topological polar surface area (TPSA) is 0 Å². The van der Waals surface area contributed by atoms with Gasteiger partial charge in [0.15, 0.2) is 0 Å². The molecule has 0 N–H and O–H groups in total. The molecule has 0 rings (SSSR count). The van der Waals surface area contributed by atoms with Crippen LogP contribution in [0.25, 0.3) is 0 Å². The second kappa shape index (κ2) is 16.4. The van der Waals surface area contributed by atoms with E-state index in [4.69, 9.17) is 0 Å². The van der Waals surface area contributed by atoms with Crippen molar-refractivity contribution in [2.75, 3.05) is 12.0 Å². The molecule has 17 heavy (non-hydrogen) atoms. The molecule has 0 radical (unpaired) electrons. The van der Waals surface area contributed by atoms with Gasteiger partial charge in [-0.05, 0) is 18.4 Å². The summed E-state index contributed by atoms with van der Waals surface area (Å²) in [6.45, 7) is 2.29. The lowest BCUT2D eigenvalue weighted by Crippen LogP contribution is -1.83. The van der Waals surface area contributed by atoms with E-state index in [1.807, 2.05) is 11.8 Å². The van der Waals surface area contributed by atoms with Crippen molar-refractivity contribution < 1.29 is 0 Å². The molecule has 0 unspecified atom stereocenters. The zero-order chi connectivity index (χ0) is 12.6. The van der Waals surface area contributed by atoms with Crippen molar-refractivity contribution >= 4 is 11.8 Å². The minimum atomic E-state index is 1.36. The fourth-order valence-corrected chi connectivity index (χ4v) is 2.76. The maximum atomic E-state index is 2.29. The van der Waals surface area contributed by atoms with Gasteiger partial charge in [0.2, 0.25) is 0 Å². The third-order valence-corrected chi connectivity index (χ3v) is 4.15. The maximum Gasteiger partial charge on any atom is -0.00703 e. The molecule has 1 heteroatoms. The Bertz CT molecular complexity index is 109. The van der Waals surface area contributed by atoms with Gasteiger partial charge in [-0.25, -0.2) is 0 Å². The molecule has 0 aliphatic carbocycles. The second-order valence-electron chi connectivity index (χ2n) is 5.24. The summed E-state index contributed by atoms with van der Waals surface area (Å²) < 4.78 is 0.